The summed E-state index contributed by atoms with van der Waals surface area (Å²) in [6.45, 7) is 1.99. The number of rotatable bonds is 4. The topological polar surface area (TPSA) is 20.2 Å². The summed E-state index contributed by atoms with van der Waals surface area (Å²) in [6, 6.07) is 13.8. The first-order chi connectivity index (χ1) is 9.06. The molecule has 2 aromatic rings. The summed E-state index contributed by atoms with van der Waals surface area (Å²) in [6.07, 6.45) is -2.85. The van der Waals surface area contributed by atoms with Gasteiger partial charge < -0.3 is 5.11 Å². The predicted octanol–water partition coefficient (Wildman–Crippen LogP) is 4.21. The van der Waals surface area contributed by atoms with Gasteiger partial charge in [0.15, 0.2) is 0 Å². The monoisotopic (exact) mass is 262 g/mol. The summed E-state index contributed by atoms with van der Waals surface area (Å²) in [7, 11) is 0. The predicted molar refractivity (Wildman–Crippen MR) is 71.2 cm³/mol. The number of halogens is 2. The van der Waals surface area contributed by atoms with E-state index in [9.17, 15) is 13.9 Å². The van der Waals surface area contributed by atoms with Crippen molar-refractivity contribution in [3.05, 3.63) is 70.8 Å². The zero-order valence-corrected chi connectivity index (χ0v) is 10.7. The molecular formula is C16H16F2O. The van der Waals surface area contributed by atoms with Gasteiger partial charge in [-0.3, -0.25) is 0 Å². The van der Waals surface area contributed by atoms with E-state index in [2.05, 4.69) is 0 Å². The van der Waals surface area contributed by atoms with Gasteiger partial charge in [-0.1, -0.05) is 48.0 Å². The third-order valence-corrected chi connectivity index (χ3v) is 3.10. The molecule has 0 fully saturated rings. The largest absolute Gasteiger partial charge is 0.388 e. The molecule has 2 rings (SSSR count). The van der Waals surface area contributed by atoms with Crippen molar-refractivity contribution in [2.24, 2.45) is 0 Å². The molecule has 1 N–H and O–H groups in total. The number of aryl methyl sites for hydroxylation is 1. The van der Waals surface area contributed by atoms with E-state index >= 15 is 0 Å². The minimum absolute atomic E-state index is 0.0551. The Labute approximate surface area is 111 Å². The number of aliphatic hydroxyl groups excluding tert-OH is 1. The lowest BCUT2D eigenvalue weighted by atomic mass is 9.99. The summed E-state index contributed by atoms with van der Waals surface area (Å²) in [5.74, 6) is 0. The third-order valence-electron chi connectivity index (χ3n) is 3.10. The van der Waals surface area contributed by atoms with Crippen LogP contribution in [-0.2, 0) is 6.42 Å². The Morgan fingerprint density at radius 2 is 1.63 bits per heavy atom. The van der Waals surface area contributed by atoms with Crippen LogP contribution in [0.4, 0.5) is 8.78 Å². The van der Waals surface area contributed by atoms with Crippen LogP contribution >= 0.6 is 0 Å². The van der Waals surface area contributed by atoms with Crippen LogP contribution in [0.1, 0.15) is 34.8 Å². The maximum absolute atomic E-state index is 12.6. The second-order valence-corrected chi connectivity index (χ2v) is 4.68. The van der Waals surface area contributed by atoms with E-state index in [0.29, 0.717) is 12.0 Å². The van der Waals surface area contributed by atoms with E-state index in [0.717, 1.165) is 11.1 Å². The summed E-state index contributed by atoms with van der Waals surface area (Å²) >= 11 is 0. The Kier molecular flexibility index (Phi) is 4.27. The SMILES string of the molecule is Cc1ccc(CC(O)c2cccc(C(F)F)c2)cc1. The average Bonchev–Trinajstić information content (AvgIpc) is 2.41. The number of hydrogen-bond acceptors (Lipinski definition) is 1. The van der Waals surface area contributed by atoms with Crippen molar-refractivity contribution >= 4 is 0 Å². The van der Waals surface area contributed by atoms with E-state index in [1.54, 1.807) is 12.1 Å². The van der Waals surface area contributed by atoms with Crippen LogP contribution in [0.2, 0.25) is 0 Å². The van der Waals surface area contributed by atoms with Crippen molar-refractivity contribution in [1.82, 2.24) is 0 Å². The molecule has 0 aliphatic rings. The summed E-state index contributed by atoms with van der Waals surface area (Å²) in [5.41, 5.74) is 2.61. The average molecular weight is 262 g/mol. The standard InChI is InChI=1S/C16H16F2O/c1-11-5-7-12(8-6-11)9-15(19)13-3-2-4-14(10-13)16(17)18/h2-8,10,15-16,19H,9H2,1H3. The maximum Gasteiger partial charge on any atom is 0.263 e. The lowest BCUT2D eigenvalue weighted by Crippen LogP contribution is -2.02. The van der Waals surface area contributed by atoms with E-state index in [1.165, 1.54) is 12.1 Å². The minimum Gasteiger partial charge on any atom is -0.388 e. The van der Waals surface area contributed by atoms with Crippen LogP contribution in [0.25, 0.3) is 0 Å². The van der Waals surface area contributed by atoms with Crippen molar-refractivity contribution in [3.8, 4) is 0 Å². The van der Waals surface area contributed by atoms with E-state index < -0.39 is 12.5 Å². The second kappa shape index (κ2) is 5.93. The highest BCUT2D eigenvalue weighted by atomic mass is 19.3. The molecule has 1 atom stereocenters. The zero-order valence-electron chi connectivity index (χ0n) is 10.7. The highest BCUT2D eigenvalue weighted by Gasteiger charge is 2.12. The molecule has 0 aromatic heterocycles. The molecule has 0 aliphatic heterocycles. The van der Waals surface area contributed by atoms with Crippen molar-refractivity contribution in [2.75, 3.05) is 0 Å². The summed E-state index contributed by atoms with van der Waals surface area (Å²) in [5, 5.41) is 10.1. The quantitative estimate of drug-likeness (QED) is 0.875. The van der Waals surface area contributed by atoms with Gasteiger partial charge >= 0.3 is 0 Å². The van der Waals surface area contributed by atoms with Crippen LogP contribution in [0.3, 0.4) is 0 Å². The van der Waals surface area contributed by atoms with Gasteiger partial charge in [0.2, 0.25) is 0 Å². The Morgan fingerprint density at radius 1 is 1.00 bits per heavy atom. The lowest BCUT2D eigenvalue weighted by molar-refractivity contribution is 0.149. The van der Waals surface area contributed by atoms with Crippen LogP contribution in [0.15, 0.2) is 48.5 Å². The van der Waals surface area contributed by atoms with Crippen molar-refractivity contribution in [1.29, 1.82) is 0 Å². The lowest BCUT2D eigenvalue weighted by Gasteiger charge is -2.12. The fourth-order valence-electron chi connectivity index (χ4n) is 1.97. The van der Waals surface area contributed by atoms with Crippen LogP contribution in [-0.4, -0.2) is 5.11 Å². The van der Waals surface area contributed by atoms with Gasteiger partial charge in [-0.05, 0) is 24.1 Å². The van der Waals surface area contributed by atoms with Crippen molar-refractivity contribution in [3.63, 3.8) is 0 Å². The van der Waals surface area contributed by atoms with E-state index in [1.807, 2.05) is 31.2 Å². The molecule has 0 amide bonds. The fourth-order valence-corrected chi connectivity index (χ4v) is 1.97. The van der Waals surface area contributed by atoms with Gasteiger partial charge in [0.1, 0.15) is 0 Å². The molecule has 0 bridgehead atoms. The Balaban J connectivity index is 2.13. The number of hydrogen-bond donors (Lipinski definition) is 1. The fraction of sp³-hybridized carbons (Fsp3) is 0.250. The smallest absolute Gasteiger partial charge is 0.263 e. The molecule has 19 heavy (non-hydrogen) atoms. The molecule has 2 aromatic carbocycles. The molecule has 1 unspecified atom stereocenters. The van der Waals surface area contributed by atoms with E-state index in [-0.39, 0.29) is 5.56 Å². The zero-order chi connectivity index (χ0) is 13.8. The summed E-state index contributed by atoms with van der Waals surface area (Å²) < 4.78 is 25.2. The molecule has 0 saturated heterocycles. The second-order valence-electron chi connectivity index (χ2n) is 4.68. The molecule has 3 heteroatoms. The molecule has 0 aliphatic carbocycles. The highest BCUT2D eigenvalue weighted by molar-refractivity contribution is 5.28. The van der Waals surface area contributed by atoms with Gasteiger partial charge in [-0.2, -0.15) is 0 Å². The van der Waals surface area contributed by atoms with E-state index in [4.69, 9.17) is 0 Å². The van der Waals surface area contributed by atoms with Crippen molar-refractivity contribution in [2.45, 2.75) is 25.9 Å². The minimum atomic E-state index is -2.51. The first-order valence-electron chi connectivity index (χ1n) is 6.18. The normalized spacial score (nSPS) is 12.7. The Morgan fingerprint density at radius 3 is 2.26 bits per heavy atom. The first-order valence-corrected chi connectivity index (χ1v) is 6.18. The number of benzene rings is 2. The van der Waals surface area contributed by atoms with Gasteiger partial charge in [0.05, 0.1) is 6.10 Å². The van der Waals surface area contributed by atoms with Crippen molar-refractivity contribution < 1.29 is 13.9 Å². The number of alkyl halides is 2. The van der Waals surface area contributed by atoms with Gasteiger partial charge in [-0.25, -0.2) is 8.78 Å². The first kappa shape index (κ1) is 13.7. The maximum atomic E-state index is 12.6. The third kappa shape index (κ3) is 3.61. The summed E-state index contributed by atoms with van der Waals surface area (Å²) in [4.78, 5) is 0. The van der Waals surface area contributed by atoms with Gasteiger partial charge in [0.25, 0.3) is 6.43 Å². The molecule has 0 heterocycles. The number of aliphatic hydroxyl groups is 1. The Bertz CT molecular complexity index is 535. The molecule has 0 spiro atoms. The van der Waals surface area contributed by atoms with Crippen LogP contribution < -0.4 is 0 Å². The Hall–Kier alpha value is -1.74. The molecule has 1 nitrogen and oxygen atoms in total. The van der Waals surface area contributed by atoms with Crippen LogP contribution in [0, 0.1) is 6.92 Å². The molecule has 100 valence electrons. The van der Waals surface area contributed by atoms with Gasteiger partial charge in [-0.15, -0.1) is 0 Å². The molecular weight excluding hydrogens is 246 g/mol. The molecule has 0 saturated carbocycles. The highest BCUT2D eigenvalue weighted by Crippen LogP contribution is 2.24. The van der Waals surface area contributed by atoms with Crippen LogP contribution in [0.5, 0.6) is 0 Å². The molecule has 0 radical (unpaired) electrons. The van der Waals surface area contributed by atoms with Gasteiger partial charge in [0, 0.05) is 12.0 Å².